The van der Waals surface area contributed by atoms with Crippen molar-refractivity contribution in [3.05, 3.63) is 18.3 Å². The summed E-state index contributed by atoms with van der Waals surface area (Å²) in [5, 5.41) is 11.7. The van der Waals surface area contributed by atoms with Crippen LogP contribution < -0.4 is 11.1 Å². The van der Waals surface area contributed by atoms with Crippen LogP contribution in [-0.4, -0.2) is 16.2 Å². The van der Waals surface area contributed by atoms with Gasteiger partial charge in [-0.2, -0.15) is 5.10 Å². The number of rotatable bonds is 2. The first-order valence-electron chi connectivity index (χ1n) is 6.64. The first-order chi connectivity index (χ1) is 8.65. The number of hydrogen-bond acceptors (Lipinski definition) is 3. The second kappa shape index (κ2) is 4.19. The monoisotopic (exact) mass is 244 g/mol. The van der Waals surface area contributed by atoms with Crippen LogP contribution >= 0.6 is 0 Å². The Hall–Kier alpha value is -1.71. The molecule has 0 radical (unpaired) electrons. The molecule has 3 atom stereocenters. The molecule has 0 bridgehead atoms. The molecule has 2 aromatic rings. The maximum atomic E-state index is 6.10. The van der Waals surface area contributed by atoms with Gasteiger partial charge in [0, 0.05) is 11.4 Å². The fraction of sp³-hybridized carbons (Fsp3) is 0.500. The molecule has 1 heterocycles. The molecule has 1 saturated carbocycles. The summed E-state index contributed by atoms with van der Waals surface area (Å²) >= 11 is 0. The number of nitrogen functional groups attached to an aromatic ring is 1. The lowest BCUT2D eigenvalue weighted by Crippen LogP contribution is -2.24. The van der Waals surface area contributed by atoms with Gasteiger partial charge in [0.05, 0.1) is 23.1 Å². The number of benzene rings is 1. The highest BCUT2D eigenvalue weighted by atomic mass is 15.1. The van der Waals surface area contributed by atoms with Crippen molar-refractivity contribution < 1.29 is 0 Å². The Morgan fingerprint density at radius 2 is 2.17 bits per heavy atom. The Labute approximate surface area is 107 Å². The minimum absolute atomic E-state index is 0.530. The fourth-order valence-electron chi connectivity index (χ4n) is 2.90. The maximum absolute atomic E-state index is 6.10. The Morgan fingerprint density at radius 3 is 2.89 bits per heavy atom. The van der Waals surface area contributed by atoms with E-state index in [9.17, 15) is 0 Å². The molecular weight excluding hydrogens is 224 g/mol. The van der Waals surface area contributed by atoms with Gasteiger partial charge in [0.15, 0.2) is 0 Å². The zero-order chi connectivity index (χ0) is 12.7. The molecule has 96 valence electrons. The van der Waals surface area contributed by atoms with Gasteiger partial charge in [0.2, 0.25) is 0 Å². The molecular formula is C14H20N4. The van der Waals surface area contributed by atoms with Crippen LogP contribution in [0.25, 0.3) is 10.9 Å². The molecule has 18 heavy (non-hydrogen) atoms. The van der Waals surface area contributed by atoms with Crippen LogP contribution in [0.2, 0.25) is 0 Å². The molecule has 4 heteroatoms. The minimum Gasteiger partial charge on any atom is -0.397 e. The van der Waals surface area contributed by atoms with Gasteiger partial charge in [-0.25, -0.2) is 0 Å². The highest BCUT2D eigenvalue weighted by molar-refractivity contribution is 5.88. The largest absolute Gasteiger partial charge is 0.397 e. The average molecular weight is 244 g/mol. The molecule has 3 unspecified atom stereocenters. The molecule has 0 saturated heterocycles. The second-order valence-electron chi connectivity index (χ2n) is 5.56. The van der Waals surface area contributed by atoms with Crippen molar-refractivity contribution in [2.45, 2.75) is 32.7 Å². The van der Waals surface area contributed by atoms with Crippen molar-refractivity contribution in [3.63, 3.8) is 0 Å². The van der Waals surface area contributed by atoms with Gasteiger partial charge in [-0.05, 0) is 36.8 Å². The number of anilines is 2. The van der Waals surface area contributed by atoms with Crippen molar-refractivity contribution in [1.29, 1.82) is 0 Å². The van der Waals surface area contributed by atoms with Gasteiger partial charge in [0.25, 0.3) is 0 Å². The van der Waals surface area contributed by atoms with Gasteiger partial charge in [-0.15, -0.1) is 0 Å². The van der Waals surface area contributed by atoms with Gasteiger partial charge in [-0.3, -0.25) is 5.10 Å². The molecule has 4 N–H and O–H groups in total. The minimum atomic E-state index is 0.530. The quantitative estimate of drug-likeness (QED) is 0.711. The van der Waals surface area contributed by atoms with E-state index >= 15 is 0 Å². The zero-order valence-corrected chi connectivity index (χ0v) is 10.9. The highest BCUT2D eigenvalue weighted by Crippen LogP contribution is 2.35. The van der Waals surface area contributed by atoms with E-state index in [0.29, 0.717) is 12.0 Å². The predicted octanol–water partition coefficient (Wildman–Crippen LogP) is 2.99. The third-order valence-electron chi connectivity index (χ3n) is 4.42. The zero-order valence-electron chi connectivity index (χ0n) is 10.9. The number of nitrogens with zero attached hydrogens (tertiary/aromatic N) is 1. The Morgan fingerprint density at radius 1 is 1.33 bits per heavy atom. The number of fused-ring (bicyclic) bond motifs is 1. The number of aromatic nitrogens is 2. The predicted molar refractivity (Wildman–Crippen MR) is 75.5 cm³/mol. The van der Waals surface area contributed by atoms with Gasteiger partial charge < -0.3 is 11.1 Å². The highest BCUT2D eigenvalue weighted by Gasteiger charge is 2.29. The first-order valence-corrected chi connectivity index (χ1v) is 6.64. The maximum Gasteiger partial charge on any atom is 0.0672 e. The van der Waals surface area contributed by atoms with E-state index in [2.05, 4.69) is 35.4 Å². The Balaban J connectivity index is 1.88. The van der Waals surface area contributed by atoms with E-state index in [1.165, 1.54) is 12.8 Å². The van der Waals surface area contributed by atoms with Crippen molar-refractivity contribution in [2.24, 2.45) is 11.8 Å². The lowest BCUT2D eigenvalue weighted by Gasteiger charge is -2.21. The SMILES string of the molecule is CC1CCC(Nc2cc3[nH]ncc3cc2N)C1C. The molecule has 1 aliphatic rings. The molecule has 1 fully saturated rings. The smallest absolute Gasteiger partial charge is 0.0672 e. The normalized spacial score (nSPS) is 27.8. The van der Waals surface area contributed by atoms with Crippen LogP contribution in [0.5, 0.6) is 0 Å². The van der Waals surface area contributed by atoms with E-state index in [1.54, 1.807) is 6.20 Å². The van der Waals surface area contributed by atoms with Crippen LogP contribution in [0.3, 0.4) is 0 Å². The Kier molecular flexibility index (Phi) is 2.65. The third-order valence-corrected chi connectivity index (χ3v) is 4.42. The van der Waals surface area contributed by atoms with E-state index in [1.807, 2.05) is 6.07 Å². The van der Waals surface area contributed by atoms with E-state index in [4.69, 9.17) is 5.73 Å². The summed E-state index contributed by atoms with van der Waals surface area (Å²) in [7, 11) is 0. The van der Waals surface area contributed by atoms with Crippen molar-refractivity contribution in [2.75, 3.05) is 11.1 Å². The number of H-pyrrole nitrogens is 1. The van der Waals surface area contributed by atoms with Crippen LogP contribution in [0.4, 0.5) is 11.4 Å². The van der Waals surface area contributed by atoms with Crippen LogP contribution in [0.15, 0.2) is 18.3 Å². The lowest BCUT2D eigenvalue weighted by molar-refractivity contribution is 0.435. The molecule has 1 aromatic carbocycles. The van der Waals surface area contributed by atoms with Crippen LogP contribution in [0.1, 0.15) is 26.7 Å². The molecule has 0 spiro atoms. The van der Waals surface area contributed by atoms with Crippen molar-refractivity contribution >= 4 is 22.3 Å². The molecule has 1 aliphatic carbocycles. The van der Waals surface area contributed by atoms with Crippen molar-refractivity contribution in [3.8, 4) is 0 Å². The topological polar surface area (TPSA) is 66.7 Å². The van der Waals surface area contributed by atoms with Gasteiger partial charge in [0.1, 0.15) is 0 Å². The molecule has 0 aliphatic heterocycles. The number of nitrogens with one attached hydrogen (secondary N) is 2. The molecule has 1 aromatic heterocycles. The number of aromatic amines is 1. The van der Waals surface area contributed by atoms with E-state index in [-0.39, 0.29) is 0 Å². The van der Waals surface area contributed by atoms with Gasteiger partial charge >= 0.3 is 0 Å². The molecule has 3 rings (SSSR count). The third kappa shape index (κ3) is 1.82. The summed E-state index contributed by atoms with van der Waals surface area (Å²) in [5.41, 5.74) is 8.96. The summed E-state index contributed by atoms with van der Waals surface area (Å²) in [5.74, 6) is 1.49. The van der Waals surface area contributed by atoms with Crippen LogP contribution in [-0.2, 0) is 0 Å². The summed E-state index contributed by atoms with van der Waals surface area (Å²) in [6.45, 7) is 4.65. The molecule has 4 nitrogen and oxygen atoms in total. The summed E-state index contributed by atoms with van der Waals surface area (Å²) in [6, 6.07) is 4.57. The van der Waals surface area contributed by atoms with Gasteiger partial charge in [-0.1, -0.05) is 13.8 Å². The fourth-order valence-corrected chi connectivity index (χ4v) is 2.90. The Bertz CT molecular complexity index is 560. The molecule has 0 amide bonds. The summed E-state index contributed by atoms with van der Waals surface area (Å²) < 4.78 is 0. The van der Waals surface area contributed by atoms with Crippen molar-refractivity contribution in [1.82, 2.24) is 10.2 Å². The van der Waals surface area contributed by atoms with Crippen LogP contribution in [0, 0.1) is 11.8 Å². The first kappa shape index (κ1) is 11.4. The number of hydrogen-bond donors (Lipinski definition) is 3. The average Bonchev–Trinajstić information content (AvgIpc) is 2.91. The number of nitrogens with two attached hydrogens (primary N) is 1. The van der Waals surface area contributed by atoms with E-state index < -0.39 is 0 Å². The standard InChI is InChI=1S/C14H20N4/c1-8-3-4-12(9(8)2)17-14-6-13-10(5-11(14)15)7-16-18-13/h5-9,12,17H,3-4,15H2,1-2H3,(H,16,18). The second-order valence-corrected chi connectivity index (χ2v) is 5.56. The lowest BCUT2D eigenvalue weighted by atomic mass is 9.97. The summed E-state index contributed by atoms with van der Waals surface area (Å²) in [6.07, 6.45) is 4.32. The summed E-state index contributed by atoms with van der Waals surface area (Å²) in [4.78, 5) is 0. The van der Waals surface area contributed by atoms with E-state index in [0.717, 1.165) is 28.2 Å².